The Kier molecular flexibility index (Phi) is 5.66. The van der Waals surface area contributed by atoms with Crippen molar-refractivity contribution in [2.75, 3.05) is 13.1 Å². The van der Waals surface area contributed by atoms with Crippen LogP contribution in [0.25, 0.3) is 0 Å². The van der Waals surface area contributed by atoms with Gasteiger partial charge in [0.1, 0.15) is 0 Å². The van der Waals surface area contributed by atoms with Gasteiger partial charge in [0.15, 0.2) is 0 Å². The van der Waals surface area contributed by atoms with Crippen LogP contribution in [0.3, 0.4) is 0 Å². The summed E-state index contributed by atoms with van der Waals surface area (Å²) in [5, 5.41) is 4.17. The van der Waals surface area contributed by atoms with Gasteiger partial charge in [-0.2, -0.15) is 0 Å². The molecular weight excluding hydrogens is 232 g/mol. The van der Waals surface area contributed by atoms with E-state index in [9.17, 15) is 0 Å². The second kappa shape index (κ2) is 6.77. The minimum absolute atomic E-state index is 0.0279. The third kappa shape index (κ3) is 4.49. The van der Waals surface area contributed by atoms with Crippen molar-refractivity contribution in [3.63, 3.8) is 0 Å². The van der Waals surface area contributed by atoms with Crippen molar-refractivity contribution in [1.29, 1.82) is 0 Å². The van der Waals surface area contributed by atoms with Crippen molar-refractivity contribution in [2.24, 2.45) is 5.41 Å². The lowest BCUT2D eigenvalue weighted by atomic mass is 9.84. The second-order valence-corrected chi connectivity index (χ2v) is 5.09. The van der Waals surface area contributed by atoms with Gasteiger partial charge in [0.2, 0.25) is 0 Å². The Morgan fingerprint density at radius 2 is 2.35 bits per heavy atom. The lowest BCUT2D eigenvalue weighted by Gasteiger charge is -2.26. The number of halogens is 1. The van der Waals surface area contributed by atoms with Crippen LogP contribution in [0.15, 0.2) is 31.1 Å². The van der Waals surface area contributed by atoms with Crippen molar-refractivity contribution < 1.29 is 0 Å². The van der Waals surface area contributed by atoms with E-state index in [1.807, 2.05) is 12.1 Å². The van der Waals surface area contributed by atoms with Gasteiger partial charge < -0.3 is 5.32 Å². The van der Waals surface area contributed by atoms with Crippen LogP contribution in [0.2, 0.25) is 5.02 Å². The Hall–Kier alpha value is -0.860. The molecule has 94 valence electrons. The molecule has 0 fully saturated rings. The molecule has 1 rings (SSSR count). The largest absolute Gasteiger partial charge is 0.316 e. The second-order valence-electron chi connectivity index (χ2n) is 4.68. The predicted molar refractivity (Wildman–Crippen MR) is 74.4 cm³/mol. The quantitative estimate of drug-likeness (QED) is 0.594. The van der Waals surface area contributed by atoms with Crippen molar-refractivity contribution in [1.82, 2.24) is 10.3 Å². The molecule has 1 atom stereocenters. The van der Waals surface area contributed by atoms with E-state index in [1.165, 1.54) is 0 Å². The van der Waals surface area contributed by atoms with Crippen LogP contribution < -0.4 is 5.32 Å². The van der Waals surface area contributed by atoms with Crippen LogP contribution in [-0.4, -0.2) is 18.1 Å². The number of nitrogens with zero attached hydrogens (tertiary/aromatic N) is 1. The fourth-order valence-corrected chi connectivity index (χ4v) is 1.93. The van der Waals surface area contributed by atoms with Crippen LogP contribution in [-0.2, 0) is 6.42 Å². The summed E-state index contributed by atoms with van der Waals surface area (Å²) in [5.41, 5.74) is 1.16. The van der Waals surface area contributed by atoms with E-state index < -0.39 is 0 Å². The highest BCUT2D eigenvalue weighted by molar-refractivity contribution is 6.31. The smallest absolute Gasteiger partial charge is 0.0621 e. The van der Waals surface area contributed by atoms with Gasteiger partial charge in [0.05, 0.1) is 5.02 Å². The molecule has 0 aliphatic carbocycles. The van der Waals surface area contributed by atoms with Gasteiger partial charge in [-0.3, -0.25) is 4.98 Å². The minimum Gasteiger partial charge on any atom is -0.316 e. The molecule has 0 aromatic carbocycles. The number of pyridine rings is 1. The van der Waals surface area contributed by atoms with Gasteiger partial charge in [-0.15, -0.1) is 6.58 Å². The number of rotatable bonds is 7. The fraction of sp³-hybridized carbons (Fsp3) is 0.500. The molecule has 1 aromatic rings. The van der Waals surface area contributed by atoms with Crippen molar-refractivity contribution in [2.45, 2.75) is 26.7 Å². The molecule has 0 aliphatic heterocycles. The Morgan fingerprint density at radius 1 is 1.59 bits per heavy atom. The zero-order chi connectivity index (χ0) is 12.7. The first-order chi connectivity index (χ1) is 8.11. The van der Waals surface area contributed by atoms with Crippen molar-refractivity contribution in [3.05, 3.63) is 41.7 Å². The molecule has 1 unspecified atom stereocenters. The standard InChI is InChI=1S/C14H21ClN2/c1-4-7-17-11-14(3,5-2)9-12-6-8-16-10-13(12)15/h5-6,8,10,17H,2,4,7,9,11H2,1,3H3. The molecule has 0 saturated heterocycles. The zero-order valence-electron chi connectivity index (χ0n) is 10.7. The van der Waals surface area contributed by atoms with Crippen molar-refractivity contribution >= 4 is 11.6 Å². The Balaban J connectivity index is 2.68. The summed E-state index contributed by atoms with van der Waals surface area (Å²) in [6, 6.07) is 1.98. The molecule has 0 aliphatic rings. The molecule has 3 heteroatoms. The van der Waals surface area contributed by atoms with E-state index in [1.54, 1.807) is 12.4 Å². The van der Waals surface area contributed by atoms with Crippen LogP contribution in [0.1, 0.15) is 25.8 Å². The first kappa shape index (κ1) is 14.2. The predicted octanol–water partition coefficient (Wildman–Crippen LogP) is 3.47. The summed E-state index contributed by atoms with van der Waals surface area (Å²) >= 11 is 6.13. The summed E-state index contributed by atoms with van der Waals surface area (Å²) < 4.78 is 0. The maximum atomic E-state index is 6.13. The van der Waals surface area contributed by atoms with Crippen LogP contribution >= 0.6 is 11.6 Å². The topological polar surface area (TPSA) is 24.9 Å². The number of hydrogen-bond donors (Lipinski definition) is 1. The highest BCUT2D eigenvalue weighted by atomic mass is 35.5. The first-order valence-corrected chi connectivity index (χ1v) is 6.42. The fourth-order valence-electron chi connectivity index (χ4n) is 1.74. The molecule has 17 heavy (non-hydrogen) atoms. The van der Waals surface area contributed by atoms with E-state index in [0.29, 0.717) is 0 Å². The van der Waals surface area contributed by atoms with E-state index in [2.05, 4.69) is 30.7 Å². The normalized spacial score (nSPS) is 14.3. The van der Waals surface area contributed by atoms with E-state index >= 15 is 0 Å². The van der Waals surface area contributed by atoms with Crippen LogP contribution in [0.5, 0.6) is 0 Å². The Bertz CT molecular complexity index is 365. The molecule has 0 saturated carbocycles. The molecule has 1 aromatic heterocycles. The van der Waals surface area contributed by atoms with E-state index in [4.69, 9.17) is 11.6 Å². The Labute approximate surface area is 109 Å². The van der Waals surface area contributed by atoms with E-state index in [0.717, 1.165) is 36.5 Å². The lowest BCUT2D eigenvalue weighted by molar-refractivity contribution is 0.391. The molecule has 0 bridgehead atoms. The summed E-state index contributed by atoms with van der Waals surface area (Å²) in [5.74, 6) is 0. The third-order valence-electron chi connectivity index (χ3n) is 2.90. The first-order valence-electron chi connectivity index (χ1n) is 6.04. The minimum atomic E-state index is 0.0279. The molecule has 0 amide bonds. The summed E-state index contributed by atoms with van der Waals surface area (Å²) in [7, 11) is 0. The SMILES string of the molecule is C=CC(C)(CNCCC)Cc1ccncc1Cl. The van der Waals surface area contributed by atoms with E-state index in [-0.39, 0.29) is 5.41 Å². The van der Waals surface area contributed by atoms with Gasteiger partial charge in [-0.25, -0.2) is 0 Å². The average Bonchev–Trinajstić information content (AvgIpc) is 2.33. The van der Waals surface area contributed by atoms with Gasteiger partial charge in [-0.05, 0) is 31.0 Å². The number of aromatic nitrogens is 1. The molecule has 2 nitrogen and oxygen atoms in total. The zero-order valence-corrected chi connectivity index (χ0v) is 11.4. The van der Waals surface area contributed by atoms with Gasteiger partial charge in [0, 0.05) is 24.4 Å². The molecule has 1 heterocycles. The summed E-state index contributed by atoms with van der Waals surface area (Å²) in [4.78, 5) is 4.00. The molecule has 1 N–H and O–H groups in total. The molecule has 0 spiro atoms. The third-order valence-corrected chi connectivity index (χ3v) is 3.24. The van der Waals surface area contributed by atoms with Crippen LogP contribution in [0.4, 0.5) is 0 Å². The number of nitrogens with one attached hydrogen (secondary N) is 1. The molecule has 0 radical (unpaired) electrons. The maximum Gasteiger partial charge on any atom is 0.0621 e. The van der Waals surface area contributed by atoms with Gasteiger partial charge in [-0.1, -0.05) is 31.5 Å². The van der Waals surface area contributed by atoms with Gasteiger partial charge in [0.25, 0.3) is 0 Å². The summed E-state index contributed by atoms with van der Waals surface area (Å²) in [6.07, 6.45) is 7.51. The maximum absolute atomic E-state index is 6.13. The average molecular weight is 253 g/mol. The number of hydrogen-bond acceptors (Lipinski definition) is 2. The van der Waals surface area contributed by atoms with Crippen LogP contribution in [0, 0.1) is 5.41 Å². The highest BCUT2D eigenvalue weighted by Crippen LogP contribution is 2.26. The lowest BCUT2D eigenvalue weighted by Crippen LogP contribution is -2.32. The Morgan fingerprint density at radius 3 is 2.94 bits per heavy atom. The monoisotopic (exact) mass is 252 g/mol. The molecular formula is C14H21ClN2. The summed E-state index contributed by atoms with van der Waals surface area (Å²) in [6.45, 7) is 10.3. The van der Waals surface area contributed by atoms with Crippen molar-refractivity contribution in [3.8, 4) is 0 Å². The highest BCUT2D eigenvalue weighted by Gasteiger charge is 2.21. The van der Waals surface area contributed by atoms with Gasteiger partial charge >= 0.3 is 0 Å².